The van der Waals surface area contributed by atoms with Crippen LogP contribution in [0.3, 0.4) is 0 Å². The minimum Gasteiger partial charge on any atom is -0.495 e. The second-order valence-electron chi connectivity index (χ2n) is 10.2. The highest BCUT2D eigenvalue weighted by molar-refractivity contribution is 6.03. The number of anilines is 2. The maximum Gasteiger partial charge on any atom is 0.330 e. The molecule has 0 saturated carbocycles. The molecule has 2 aliphatic rings. The van der Waals surface area contributed by atoms with Crippen LogP contribution in [0.2, 0.25) is 0 Å². The molecule has 2 saturated heterocycles. The topological polar surface area (TPSA) is 103 Å². The number of amides is 4. The number of fused-ring (bicyclic) bond motifs is 2. The fourth-order valence-electron chi connectivity index (χ4n) is 5.96. The van der Waals surface area contributed by atoms with Crippen molar-refractivity contribution in [3.63, 3.8) is 0 Å². The SMILES string of the molecule is COc1ccccc1N(C(=O)N1C[C@@H]2CC[C@H]([C@H]1C(=O)O)N2C(=O)N(C)Cc1ccccc1)c1ccccc1OC. The van der Waals surface area contributed by atoms with Gasteiger partial charge in [0.1, 0.15) is 11.5 Å². The van der Waals surface area contributed by atoms with Gasteiger partial charge in [-0.2, -0.15) is 0 Å². The van der Waals surface area contributed by atoms with Crippen molar-refractivity contribution in [2.24, 2.45) is 0 Å². The minimum absolute atomic E-state index is 0.0814. The van der Waals surface area contributed by atoms with Gasteiger partial charge < -0.3 is 29.3 Å². The molecule has 2 bridgehead atoms. The van der Waals surface area contributed by atoms with Gasteiger partial charge in [-0.3, -0.25) is 4.90 Å². The number of para-hydroxylation sites is 4. The third-order valence-electron chi connectivity index (χ3n) is 7.81. The Bertz CT molecular complexity index is 1370. The zero-order valence-electron chi connectivity index (χ0n) is 23.3. The van der Waals surface area contributed by atoms with E-state index in [1.807, 2.05) is 30.3 Å². The highest BCUT2D eigenvalue weighted by atomic mass is 16.5. The molecule has 10 heteroatoms. The minimum atomic E-state index is -1.23. The summed E-state index contributed by atoms with van der Waals surface area (Å²) in [6.45, 7) is 0.476. The number of ether oxygens (including phenoxy) is 2. The first-order chi connectivity index (χ1) is 19.8. The van der Waals surface area contributed by atoms with Crippen LogP contribution < -0.4 is 14.4 Å². The van der Waals surface area contributed by atoms with Gasteiger partial charge in [0.2, 0.25) is 0 Å². The predicted octanol–water partition coefficient (Wildman–Crippen LogP) is 4.82. The van der Waals surface area contributed by atoms with Gasteiger partial charge in [-0.1, -0.05) is 54.6 Å². The van der Waals surface area contributed by atoms with Crippen molar-refractivity contribution in [1.82, 2.24) is 14.7 Å². The van der Waals surface area contributed by atoms with Crippen molar-refractivity contribution in [3.8, 4) is 11.5 Å². The van der Waals surface area contributed by atoms with Gasteiger partial charge in [-0.15, -0.1) is 0 Å². The molecule has 0 unspecified atom stereocenters. The molecule has 0 aliphatic carbocycles. The Morgan fingerprint density at radius 1 is 0.829 bits per heavy atom. The highest BCUT2D eigenvalue weighted by Gasteiger charge is 2.54. The van der Waals surface area contributed by atoms with Crippen LogP contribution in [-0.2, 0) is 11.3 Å². The number of carboxylic acid groups (broad SMARTS) is 1. The number of carboxylic acids is 1. The lowest BCUT2D eigenvalue weighted by molar-refractivity contribution is -0.145. The van der Waals surface area contributed by atoms with E-state index in [1.54, 1.807) is 65.4 Å². The molecule has 2 heterocycles. The first-order valence-electron chi connectivity index (χ1n) is 13.5. The van der Waals surface area contributed by atoms with Gasteiger partial charge in [0.15, 0.2) is 6.04 Å². The summed E-state index contributed by atoms with van der Waals surface area (Å²) in [5, 5.41) is 10.5. The summed E-state index contributed by atoms with van der Waals surface area (Å²) in [4.78, 5) is 47.1. The number of carbonyl (C=O) groups excluding carboxylic acids is 2. The van der Waals surface area contributed by atoms with Crippen molar-refractivity contribution in [2.45, 2.75) is 37.5 Å². The standard InChI is InChI=1S/C31H34N4O6/c1-32(19-21-11-5-4-6-12-21)30(38)34-22-17-18-25(34)28(29(36)37)33(20-22)31(39)35(23-13-7-9-15-26(23)40-2)24-14-8-10-16-27(24)41-3/h4-16,22,25,28H,17-20H2,1-3H3,(H,36,37)/t22-,25+,28-/m0/s1. The van der Waals surface area contributed by atoms with Crippen molar-refractivity contribution in [1.29, 1.82) is 0 Å². The highest BCUT2D eigenvalue weighted by Crippen LogP contribution is 2.42. The molecule has 3 atom stereocenters. The molecule has 4 amide bonds. The van der Waals surface area contributed by atoms with E-state index in [2.05, 4.69) is 0 Å². The van der Waals surface area contributed by atoms with Crippen molar-refractivity contribution in [3.05, 3.63) is 84.4 Å². The van der Waals surface area contributed by atoms with Crippen molar-refractivity contribution >= 4 is 29.4 Å². The third kappa shape index (κ3) is 5.25. The monoisotopic (exact) mass is 558 g/mol. The van der Waals surface area contributed by atoms with Crippen LogP contribution in [0.25, 0.3) is 0 Å². The molecule has 1 N–H and O–H groups in total. The number of benzene rings is 3. The van der Waals surface area contributed by atoms with Crippen molar-refractivity contribution in [2.75, 3.05) is 32.7 Å². The van der Waals surface area contributed by atoms with E-state index in [0.717, 1.165) is 5.56 Å². The summed E-state index contributed by atoms with van der Waals surface area (Å²) in [7, 11) is 4.74. The molecule has 41 heavy (non-hydrogen) atoms. The first kappa shape index (κ1) is 27.8. The first-order valence-corrected chi connectivity index (χ1v) is 13.5. The molecule has 0 aromatic heterocycles. The Hall–Kier alpha value is -4.73. The number of likely N-dealkylation sites (tertiary alicyclic amines) is 1. The summed E-state index contributed by atoms with van der Waals surface area (Å²) < 4.78 is 11.2. The van der Waals surface area contributed by atoms with Crippen LogP contribution in [0.5, 0.6) is 11.5 Å². The second-order valence-corrected chi connectivity index (χ2v) is 10.2. The molecule has 2 aliphatic heterocycles. The van der Waals surface area contributed by atoms with Crippen LogP contribution in [0.1, 0.15) is 18.4 Å². The third-order valence-corrected chi connectivity index (χ3v) is 7.81. The largest absolute Gasteiger partial charge is 0.495 e. The average Bonchev–Trinajstić information content (AvgIpc) is 3.29. The predicted molar refractivity (Wildman–Crippen MR) is 154 cm³/mol. The molecule has 0 spiro atoms. The van der Waals surface area contributed by atoms with Crippen molar-refractivity contribution < 1.29 is 29.0 Å². The fraction of sp³-hybridized carbons (Fsp3) is 0.323. The van der Waals surface area contributed by atoms with Crippen LogP contribution >= 0.6 is 0 Å². The second kappa shape index (κ2) is 11.8. The van der Waals surface area contributed by atoms with E-state index in [4.69, 9.17) is 9.47 Å². The van der Waals surface area contributed by atoms with E-state index < -0.39 is 24.1 Å². The summed E-state index contributed by atoms with van der Waals surface area (Å²) >= 11 is 0. The zero-order valence-corrected chi connectivity index (χ0v) is 23.3. The Morgan fingerprint density at radius 3 is 1.95 bits per heavy atom. The van der Waals surface area contributed by atoms with Gasteiger partial charge in [-0.05, 0) is 42.7 Å². The van der Waals surface area contributed by atoms with Crippen LogP contribution in [0.15, 0.2) is 78.9 Å². The molecule has 10 nitrogen and oxygen atoms in total. The van der Waals surface area contributed by atoms with E-state index in [9.17, 15) is 19.5 Å². The number of urea groups is 2. The van der Waals surface area contributed by atoms with Crippen LogP contribution in [-0.4, -0.2) is 83.8 Å². The van der Waals surface area contributed by atoms with Gasteiger partial charge in [0.25, 0.3) is 0 Å². The maximum atomic E-state index is 14.5. The molecular weight excluding hydrogens is 524 g/mol. The number of nitrogens with zero attached hydrogens (tertiary/aromatic N) is 4. The van der Waals surface area contributed by atoms with Crippen LogP contribution in [0.4, 0.5) is 21.0 Å². The van der Waals surface area contributed by atoms with Gasteiger partial charge >= 0.3 is 18.0 Å². The molecule has 5 rings (SSSR count). The van der Waals surface area contributed by atoms with Crippen LogP contribution in [0, 0.1) is 0 Å². The number of methoxy groups -OCH3 is 2. The molecule has 0 radical (unpaired) electrons. The van der Waals surface area contributed by atoms with Gasteiger partial charge in [0, 0.05) is 20.1 Å². The average molecular weight is 559 g/mol. The zero-order chi connectivity index (χ0) is 29.1. The summed E-state index contributed by atoms with van der Waals surface area (Å²) in [6, 6.07) is 20.8. The lowest BCUT2D eigenvalue weighted by Crippen LogP contribution is -2.67. The van der Waals surface area contributed by atoms with Gasteiger partial charge in [0.05, 0.1) is 37.7 Å². The van der Waals surface area contributed by atoms with E-state index in [1.165, 1.54) is 24.0 Å². The smallest absolute Gasteiger partial charge is 0.330 e. The normalized spacial score (nSPS) is 19.4. The number of hydrogen-bond donors (Lipinski definition) is 1. The summed E-state index contributed by atoms with van der Waals surface area (Å²) in [6.07, 6.45) is 1.09. The Morgan fingerprint density at radius 2 is 1.39 bits per heavy atom. The quantitative estimate of drug-likeness (QED) is 0.446. The van der Waals surface area contributed by atoms with Gasteiger partial charge in [-0.25, -0.2) is 14.4 Å². The Balaban J connectivity index is 1.50. The molecule has 2 fully saturated rings. The van der Waals surface area contributed by atoms with E-state index >= 15 is 0 Å². The number of carbonyl (C=O) groups is 3. The molecule has 3 aromatic carbocycles. The van der Waals surface area contributed by atoms with E-state index in [0.29, 0.717) is 42.3 Å². The Labute approximate surface area is 239 Å². The number of aliphatic carboxylic acids is 1. The number of hydrogen-bond acceptors (Lipinski definition) is 5. The summed E-state index contributed by atoms with van der Waals surface area (Å²) in [5.74, 6) is -0.275. The fourth-order valence-corrected chi connectivity index (χ4v) is 5.96. The molecule has 214 valence electrons. The van der Waals surface area contributed by atoms with E-state index in [-0.39, 0.29) is 18.6 Å². The lowest BCUT2D eigenvalue weighted by Gasteiger charge is -2.47. The molecule has 3 aromatic rings. The maximum absolute atomic E-state index is 14.5. The number of rotatable bonds is 7. The number of piperazine rings is 1. The lowest BCUT2D eigenvalue weighted by atomic mass is 10.0. The summed E-state index contributed by atoms with van der Waals surface area (Å²) in [5.41, 5.74) is 1.87. The Kier molecular flexibility index (Phi) is 8.00. The molecular formula is C31H34N4O6.